The van der Waals surface area contributed by atoms with Crippen molar-refractivity contribution in [3.63, 3.8) is 0 Å². The Kier molecular flexibility index (Phi) is 4.47. The Bertz CT molecular complexity index is 549. The van der Waals surface area contributed by atoms with Crippen LogP contribution in [-0.4, -0.2) is 34.8 Å². The largest absolute Gasteiger partial charge is 0.496 e. The number of hydrogen-bond acceptors (Lipinski definition) is 4. The van der Waals surface area contributed by atoms with Gasteiger partial charge in [0.25, 0.3) is 5.91 Å². The summed E-state index contributed by atoms with van der Waals surface area (Å²) in [5.41, 5.74) is -0.589. The molecule has 0 unspecified atom stereocenters. The van der Waals surface area contributed by atoms with E-state index in [4.69, 9.17) is 9.84 Å². The molecule has 1 amide bonds. The highest BCUT2D eigenvalue weighted by Crippen LogP contribution is 2.29. The minimum Gasteiger partial charge on any atom is -0.496 e. The van der Waals surface area contributed by atoms with Crippen LogP contribution in [0, 0.1) is 0 Å². The Morgan fingerprint density at radius 1 is 1.33 bits per heavy atom. The molecule has 6 heteroatoms. The van der Waals surface area contributed by atoms with Crippen LogP contribution in [0.4, 0.5) is 0 Å². The molecule has 0 bridgehead atoms. The third-order valence-electron chi connectivity index (χ3n) is 3.80. The average molecular weight is 293 g/mol. The van der Waals surface area contributed by atoms with Gasteiger partial charge in [0, 0.05) is 6.54 Å². The SMILES string of the molecule is COc1ccc(CNC(=O)C2(O)CCCC2)cc1C(=O)O. The molecule has 21 heavy (non-hydrogen) atoms. The van der Waals surface area contributed by atoms with E-state index < -0.39 is 17.5 Å². The first-order valence-corrected chi connectivity index (χ1v) is 6.87. The molecule has 0 radical (unpaired) electrons. The fourth-order valence-electron chi connectivity index (χ4n) is 2.57. The van der Waals surface area contributed by atoms with Gasteiger partial charge >= 0.3 is 5.97 Å². The summed E-state index contributed by atoms with van der Waals surface area (Å²) in [5, 5.41) is 21.9. The molecule has 1 aliphatic carbocycles. The summed E-state index contributed by atoms with van der Waals surface area (Å²) in [6.07, 6.45) is 2.63. The monoisotopic (exact) mass is 293 g/mol. The van der Waals surface area contributed by atoms with Gasteiger partial charge in [0.2, 0.25) is 0 Å². The number of hydrogen-bond donors (Lipinski definition) is 3. The lowest BCUT2D eigenvalue weighted by Crippen LogP contribution is -2.44. The quantitative estimate of drug-likeness (QED) is 0.761. The van der Waals surface area contributed by atoms with Gasteiger partial charge in [-0.1, -0.05) is 6.07 Å². The Morgan fingerprint density at radius 3 is 2.57 bits per heavy atom. The van der Waals surface area contributed by atoms with Gasteiger partial charge in [0.1, 0.15) is 16.9 Å². The van der Waals surface area contributed by atoms with E-state index in [1.165, 1.54) is 13.2 Å². The number of aromatic carboxylic acids is 1. The standard InChI is InChI=1S/C15H19NO5/c1-21-12-5-4-10(8-11(12)13(17)18)9-16-14(19)15(20)6-2-3-7-15/h4-5,8,20H,2-3,6-7,9H2,1H3,(H,16,19)(H,17,18). The van der Waals surface area contributed by atoms with Gasteiger partial charge in [0.15, 0.2) is 0 Å². The molecule has 1 aromatic carbocycles. The molecule has 1 saturated carbocycles. The molecule has 0 saturated heterocycles. The van der Waals surface area contributed by atoms with Gasteiger partial charge in [-0.3, -0.25) is 4.79 Å². The Labute approximate surface area is 122 Å². The highest BCUT2D eigenvalue weighted by atomic mass is 16.5. The van der Waals surface area contributed by atoms with Crippen molar-refractivity contribution in [1.82, 2.24) is 5.32 Å². The lowest BCUT2D eigenvalue weighted by molar-refractivity contribution is -0.139. The van der Waals surface area contributed by atoms with Crippen LogP contribution < -0.4 is 10.1 Å². The first-order valence-electron chi connectivity index (χ1n) is 6.87. The molecule has 0 aromatic heterocycles. The van der Waals surface area contributed by atoms with Crippen molar-refractivity contribution in [1.29, 1.82) is 0 Å². The van der Waals surface area contributed by atoms with Gasteiger partial charge < -0.3 is 20.3 Å². The molecular formula is C15H19NO5. The van der Waals surface area contributed by atoms with Crippen molar-refractivity contribution in [3.8, 4) is 5.75 Å². The minimum absolute atomic E-state index is 0.0452. The van der Waals surface area contributed by atoms with E-state index in [0.717, 1.165) is 12.8 Å². The van der Waals surface area contributed by atoms with E-state index in [-0.39, 0.29) is 17.9 Å². The molecule has 0 spiro atoms. The van der Waals surface area contributed by atoms with Crippen molar-refractivity contribution in [3.05, 3.63) is 29.3 Å². The number of nitrogens with one attached hydrogen (secondary N) is 1. The minimum atomic E-state index is -1.28. The number of carboxylic acids is 1. The van der Waals surface area contributed by atoms with Gasteiger partial charge in [-0.05, 0) is 43.4 Å². The van der Waals surface area contributed by atoms with Crippen LogP contribution in [0.3, 0.4) is 0 Å². The fraction of sp³-hybridized carbons (Fsp3) is 0.467. The molecule has 0 heterocycles. The molecule has 0 atom stereocenters. The first kappa shape index (κ1) is 15.3. The lowest BCUT2D eigenvalue weighted by Gasteiger charge is -2.21. The second kappa shape index (κ2) is 6.13. The number of benzene rings is 1. The van der Waals surface area contributed by atoms with E-state index >= 15 is 0 Å². The average Bonchev–Trinajstić information content (AvgIpc) is 2.92. The predicted molar refractivity (Wildman–Crippen MR) is 75.2 cm³/mol. The van der Waals surface area contributed by atoms with Crippen molar-refractivity contribution < 1.29 is 24.5 Å². The van der Waals surface area contributed by atoms with Crippen LogP contribution in [0.15, 0.2) is 18.2 Å². The molecular weight excluding hydrogens is 274 g/mol. The highest BCUT2D eigenvalue weighted by molar-refractivity contribution is 5.91. The van der Waals surface area contributed by atoms with E-state index in [0.29, 0.717) is 18.4 Å². The molecule has 0 aliphatic heterocycles. The van der Waals surface area contributed by atoms with E-state index in [9.17, 15) is 14.7 Å². The molecule has 114 valence electrons. The summed E-state index contributed by atoms with van der Waals surface area (Å²) in [6.45, 7) is 0.172. The number of carbonyl (C=O) groups is 2. The zero-order valence-electron chi connectivity index (χ0n) is 11.9. The molecule has 3 N–H and O–H groups in total. The van der Waals surface area contributed by atoms with E-state index in [2.05, 4.69) is 5.32 Å². The summed E-state index contributed by atoms with van der Waals surface area (Å²) in [6, 6.07) is 4.69. The van der Waals surface area contributed by atoms with E-state index in [1.807, 2.05) is 0 Å². The van der Waals surface area contributed by atoms with E-state index in [1.54, 1.807) is 12.1 Å². The lowest BCUT2D eigenvalue weighted by atomic mass is 10.0. The van der Waals surface area contributed by atoms with Crippen molar-refractivity contribution in [2.75, 3.05) is 7.11 Å². The van der Waals surface area contributed by atoms with Gasteiger partial charge in [0.05, 0.1) is 7.11 Å². The zero-order valence-corrected chi connectivity index (χ0v) is 11.9. The number of methoxy groups -OCH3 is 1. The second-order valence-electron chi connectivity index (χ2n) is 5.26. The Balaban J connectivity index is 2.05. The summed E-state index contributed by atoms with van der Waals surface area (Å²) < 4.78 is 4.98. The number of carbonyl (C=O) groups excluding carboxylic acids is 1. The van der Waals surface area contributed by atoms with Gasteiger partial charge in [-0.25, -0.2) is 4.79 Å². The number of amides is 1. The topological polar surface area (TPSA) is 95.9 Å². The van der Waals surface area contributed by atoms with Crippen molar-refractivity contribution in [2.24, 2.45) is 0 Å². The Morgan fingerprint density at radius 2 is 2.00 bits per heavy atom. The number of aliphatic hydroxyl groups is 1. The highest BCUT2D eigenvalue weighted by Gasteiger charge is 2.38. The normalized spacial score (nSPS) is 16.5. The summed E-state index contributed by atoms with van der Waals surface area (Å²) >= 11 is 0. The van der Waals surface area contributed by atoms with Gasteiger partial charge in [-0.2, -0.15) is 0 Å². The fourth-order valence-corrected chi connectivity index (χ4v) is 2.57. The third-order valence-corrected chi connectivity index (χ3v) is 3.80. The van der Waals surface area contributed by atoms with Crippen LogP contribution in [0.5, 0.6) is 5.75 Å². The summed E-state index contributed by atoms with van der Waals surface area (Å²) in [5.74, 6) is -1.21. The van der Waals surface area contributed by atoms with Crippen LogP contribution in [0.2, 0.25) is 0 Å². The first-order chi connectivity index (χ1) is 9.96. The third kappa shape index (κ3) is 3.33. The van der Waals surface area contributed by atoms with Crippen LogP contribution in [0.25, 0.3) is 0 Å². The smallest absolute Gasteiger partial charge is 0.339 e. The Hall–Kier alpha value is -2.08. The maximum atomic E-state index is 12.0. The van der Waals surface area contributed by atoms with Gasteiger partial charge in [-0.15, -0.1) is 0 Å². The molecule has 1 aromatic rings. The zero-order chi connectivity index (χ0) is 15.5. The number of rotatable bonds is 5. The molecule has 2 rings (SSSR count). The maximum absolute atomic E-state index is 12.0. The molecule has 1 aliphatic rings. The number of carboxylic acid groups (broad SMARTS) is 1. The van der Waals surface area contributed by atoms with Crippen LogP contribution in [-0.2, 0) is 11.3 Å². The van der Waals surface area contributed by atoms with Crippen molar-refractivity contribution in [2.45, 2.75) is 37.8 Å². The molecule has 1 fully saturated rings. The van der Waals surface area contributed by atoms with Crippen molar-refractivity contribution >= 4 is 11.9 Å². The summed E-state index contributed by atoms with van der Waals surface area (Å²) in [7, 11) is 1.40. The number of ether oxygens (including phenoxy) is 1. The second-order valence-corrected chi connectivity index (χ2v) is 5.26. The maximum Gasteiger partial charge on any atom is 0.339 e. The van der Waals surface area contributed by atoms with Crippen LogP contribution in [0.1, 0.15) is 41.6 Å². The van der Waals surface area contributed by atoms with Crippen LogP contribution >= 0.6 is 0 Å². The molecule has 6 nitrogen and oxygen atoms in total. The predicted octanol–water partition coefficient (Wildman–Crippen LogP) is 1.31. The summed E-state index contributed by atoms with van der Waals surface area (Å²) in [4.78, 5) is 23.1.